The third-order valence-electron chi connectivity index (χ3n) is 5.93. The Bertz CT molecular complexity index is 1380. The number of rotatable bonds is 11. The summed E-state index contributed by atoms with van der Waals surface area (Å²) in [7, 11) is -3.82. The minimum Gasteiger partial charge on any atom is -0.355 e. The van der Waals surface area contributed by atoms with Gasteiger partial charge in [0.25, 0.3) is 0 Å². The molecule has 7 nitrogen and oxygen atoms in total. The molecule has 0 aliphatic carbocycles. The molecule has 0 unspecified atom stereocenters. The van der Waals surface area contributed by atoms with Crippen molar-refractivity contribution in [2.75, 3.05) is 23.7 Å². The van der Waals surface area contributed by atoms with Crippen molar-refractivity contribution in [1.82, 2.24) is 10.2 Å². The Morgan fingerprint density at radius 2 is 1.63 bits per heavy atom. The van der Waals surface area contributed by atoms with Crippen LogP contribution in [0.15, 0.2) is 72.8 Å². The van der Waals surface area contributed by atoms with Crippen LogP contribution in [0, 0.1) is 6.92 Å². The van der Waals surface area contributed by atoms with Gasteiger partial charge in [-0.3, -0.25) is 13.9 Å². The first-order chi connectivity index (χ1) is 18.0. The second-order valence-electron chi connectivity index (χ2n) is 8.98. The van der Waals surface area contributed by atoms with Crippen molar-refractivity contribution >= 4 is 50.7 Å². The number of anilines is 1. The normalized spacial score (nSPS) is 12.0. The Labute approximate surface area is 234 Å². The van der Waals surface area contributed by atoms with Gasteiger partial charge in [-0.05, 0) is 54.8 Å². The zero-order chi connectivity index (χ0) is 27.9. The van der Waals surface area contributed by atoms with Crippen LogP contribution >= 0.6 is 23.2 Å². The molecule has 1 N–H and O–H groups in total. The van der Waals surface area contributed by atoms with Crippen LogP contribution < -0.4 is 9.62 Å². The van der Waals surface area contributed by atoms with E-state index < -0.39 is 28.5 Å². The summed E-state index contributed by atoms with van der Waals surface area (Å²) in [5.41, 5.74) is 2.72. The Balaban J connectivity index is 2.05. The van der Waals surface area contributed by atoms with Gasteiger partial charge < -0.3 is 10.2 Å². The number of benzene rings is 3. The molecule has 0 saturated heterocycles. The number of carbonyl (C=O) groups excluding carboxylic acids is 2. The largest absolute Gasteiger partial charge is 0.355 e. The van der Waals surface area contributed by atoms with Crippen LogP contribution in [0.2, 0.25) is 10.0 Å². The van der Waals surface area contributed by atoms with E-state index in [0.717, 1.165) is 21.7 Å². The minimum atomic E-state index is -3.82. The van der Waals surface area contributed by atoms with Crippen LogP contribution in [-0.4, -0.2) is 50.5 Å². The summed E-state index contributed by atoms with van der Waals surface area (Å²) in [4.78, 5) is 28.7. The monoisotopic (exact) mass is 575 g/mol. The number of nitrogens with zero attached hydrogens (tertiary/aromatic N) is 2. The van der Waals surface area contributed by atoms with Crippen LogP contribution in [0.5, 0.6) is 0 Å². The number of hydrogen-bond donors (Lipinski definition) is 1. The molecule has 0 heterocycles. The Kier molecular flexibility index (Phi) is 10.2. The first-order valence-electron chi connectivity index (χ1n) is 12.1. The minimum absolute atomic E-state index is 0.0236. The van der Waals surface area contributed by atoms with E-state index in [1.54, 1.807) is 43.3 Å². The van der Waals surface area contributed by atoms with Gasteiger partial charge in [0.15, 0.2) is 0 Å². The molecule has 10 heteroatoms. The zero-order valence-electron chi connectivity index (χ0n) is 21.5. The molecule has 3 aromatic rings. The molecule has 3 rings (SSSR count). The standard InChI is InChI=1S/C28H31Cl2N3O4S/c1-4-31-28(35)26(17-21-10-6-5-7-11-21)32(18-22-13-14-24(29)25(30)16-22)27(34)19-33(38(3,36)37)23-12-8-9-20(2)15-23/h5-16,26H,4,17-19H2,1-3H3,(H,31,35)/t26-/m1/s1. The van der Waals surface area contributed by atoms with Gasteiger partial charge in [0.1, 0.15) is 12.6 Å². The lowest BCUT2D eigenvalue weighted by Crippen LogP contribution is -2.53. The molecule has 1 atom stereocenters. The molecule has 2 amide bonds. The molecule has 0 aromatic heterocycles. The van der Waals surface area contributed by atoms with Gasteiger partial charge in [-0.1, -0.05) is 71.7 Å². The van der Waals surface area contributed by atoms with Crippen LogP contribution in [-0.2, 0) is 32.6 Å². The molecule has 0 aliphatic heterocycles. The van der Waals surface area contributed by atoms with Gasteiger partial charge >= 0.3 is 0 Å². The predicted molar refractivity (Wildman–Crippen MR) is 153 cm³/mol. The Hall–Kier alpha value is -3.07. The molecule has 0 radical (unpaired) electrons. The van der Waals surface area contributed by atoms with Crippen molar-refractivity contribution in [3.05, 3.63) is 99.5 Å². The van der Waals surface area contributed by atoms with E-state index in [4.69, 9.17) is 23.2 Å². The van der Waals surface area contributed by atoms with Crippen LogP contribution in [0.1, 0.15) is 23.6 Å². The zero-order valence-corrected chi connectivity index (χ0v) is 23.9. The van der Waals surface area contributed by atoms with Crippen molar-refractivity contribution in [1.29, 1.82) is 0 Å². The summed E-state index contributed by atoms with van der Waals surface area (Å²) in [6, 6.07) is 20.3. The molecule has 3 aromatic carbocycles. The average molecular weight is 577 g/mol. The summed E-state index contributed by atoms with van der Waals surface area (Å²) in [6.07, 6.45) is 1.29. The smallest absolute Gasteiger partial charge is 0.244 e. The second-order valence-corrected chi connectivity index (χ2v) is 11.7. The highest BCUT2D eigenvalue weighted by molar-refractivity contribution is 7.92. The van der Waals surface area contributed by atoms with Crippen molar-refractivity contribution < 1.29 is 18.0 Å². The van der Waals surface area contributed by atoms with Gasteiger partial charge in [0.05, 0.1) is 22.0 Å². The lowest BCUT2D eigenvalue weighted by molar-refractivity contribution is -0.140. The van der Waals surface area contributed by atoms with Crippen LogP contribution in [0.3, 0.4) is 0 Å². The van der Waals surface area contributed by atoms with Gasteiger partial charge in [0.2, 0.25) is 21.8 Å². The third-order valence-corrected chi connectivity index (χ3v) is 7.81. The fraction of sp³-hybridized carbons (Fsp3) is 0.286. The van der Waals surface area contributed by atoms with E-state index in [1.165, 1.54) is 4.90 Å². The molecular formula is C28H31Cl2N3O4S. The quantitative estimate of drug-likeness (QED) is 0.354. The Morgan fingerprint density at radius 1 is 0.921 bits per heavy atom. The number of amides is 2. The highest BCUT2D eigenvalue weighted by Gasteiger charge is 2.33. The van der Waals surface area contributed by atoms with E-state index >= 15 is 0 Å². The average Bonchev–Trinajstić information content (AvgIpc) is 2.86. The van der Waals surface area contributed by atoms with Crippen molar-refractivity contribution in [3.63, 3.8) is 0 Å². The fourth-order valence-electron chi connectivity index (χ4n) is 4.08. The maximum absolute atomic E-state index is 13.9. The van der Waals surface area contributed by atoms with Gasteiger partial charge in [-0.2, -0.15) is 0 Å². The summed E-state index contributed by atoms with van der Waals surface area (Å²) >= 11 is 12.3. The molecule has 0 spiro atoms. The van der Waals surface area contributed by atoms with E-state index in [-0.39, 0.29) is 18.9 Å². The lowest BCUT2D eigenvalue weighted by Gasteiger charge is -2.33. The van der Waals surface area contributed by atoms with Crippen molar-refractivity contribution in [2.45, 2.75) is 32.9 Å². The van der Waals surface area contributed by atoms with E-state index in [0.29, 0.717) is 27.8 Å². The van der Waals surface area contributed by atoms with Gasteiger partial charge in [0, 0.05) is 19.5 Å². The van der Waals surface area contributed by atoms with E-state index in [9.17, 15) is 18.0 Å². The number of halogens is 2. The third kappa shape index (κ3) is 7.96. The van der Waals surface area contributed by atoms with Gasteiger partial charge in [-0.15, -0.1) is 0 Å². The maximum atomic E-state index is 13.9. The topological polar surface area (TPSA) is 86.8 Å². The number of hydrogen-bond acceptors (Lipinski definition) is 4. The second kappa shape index (κ2) is 13.1. The number of likely N-dealkylation sites (N-methyl/N-ethyl adjacent to an activating group) is 1. The van der Waals surface area contributed by atoms with E-state index in [1.807, 2.05) is 43.3 Å². The predicted octanol–water partition coefficient (Wildman–Crippen LogP) is 4.84. The molecule has 0 aliphatic rings. The molecule has 0 bridgehead atoms. The highest BCUT2D eigenvalue weighted by Crippen LogP contribution is 2.25. The highest BCUT2D eigenvalue weighted by atomic mass is 35.5. The SMILES string of the molecule is CCNC(=O)[C@@H](Cc1ccccc1)N(Cc1ccc(Cl)c(Cl)c1)C(=O)CN(c1cccc(C)c1)S(C)(=O)=O. The van der Waals surface area contributed by atoms with E-state index in [2.05, 4.69) is 5.32 Å². The number of nitrogens with one attached hydrogen (secondary N) is 1. The summed E-state index contributed by atoms with van der Waals surface area (Å²) in [5, 5.41) is 3.49. The molecule has 38 heavy (non-hydrogen) atoms. The number of carbonyl (C=O) groups is 2. The Morgan fingerprint density at radius 3 is 2.24 bits per heavy atom. The van der Waals surface area contributed by atoms with Gasteiger partial charge in [-0.25, -0.2) is 8.42 Å². The van der Waals surface area contributed by atoms with Crippen LogP contribution in [0.4, 0.5) is 5.69 Å². The summed E-state index contributed by atoms with van der Waals surface area (Å²) in [6.45, 7) is 3.56. The number of sulfonamides is 1. The fourth-order valence-corrected chi connectivity index (χ4v) is 5.24. The number of aryl methyl sites for hydroxylation is 1. The maximum Gasteiger partial charge on any atom is 0.244 e. The van der Waals surface area contributed by atoms with Crippen LogP contribution in [0.25, 0.3) is 0 Å². The molecular weight excluding hydrogens is 545 g/mol. The van der Waals surface area contributed by atoms with Crippen molar-refractivity contribution in [3.8, 4) is 0 Å². The molecule has 0 fully saturated rings. The lowest BCUT2D eigenvalue weighted by atomic mass is 10.0. The van der Waals surface area contributed by atoms with Crippen molar-refractivity contribution in [2.24, 2.45) is 0 Å². The first kappa shape index (κ1) is 29.5. The molecule has 0 saturated carbocycles. The molecule has 202 valence electrons. The summed E-state index contributed by atoms with van der Waals surface area (Å²) in [5.74, 6) is -0.874. The summed E-state index contributed by atoms with van der Waals surface area (Å²) < 4.78 is 26.6. The first-order valence-corrected chi connectivity index (χ1v) is 14.7.